The van der Waals surface area contributed by atoms with Crippen LogP contribution in [0, 0.1) is 17.2 Å². The average molecular weight is 415 g/mol. The number of methoxy groups -OCH3 is 1. The molecule has 0 bridgehead atoms. The number of nitrogens with zero attached hydrogens (tertiary/aromatic N) is 2. The molecule has 2 aromatic rings. The van der Waals surface area contributed by atoms with Gasteiger partial charge in [0.05, 0.1) is 18.0 Å². The van der Waals surface area contributed by atoms with Gasteiger partial charge in [0.15, 0.2) is 11.6 Å². The normalized spacial score (nSPS) is 25.0. The van der Waals surface area contributed by atoms with Gasteiger partial charge < -0.3 is 25.0 Å². The number of hydrogen-bond donors (Lipinski definition) is 2. The molecule has 2 aliphatic carbocycles. The van der Waals surface area contributed by atoms with Gasteiger partial charge in [0, 0.05) is 31.4 Å². The summed E-state index contributed by atoms with van der Waals surface area (Å²) in [7, 11) is 1.46. The molecule has 0 amide bonds. The van der Waals surface area contributed by atoms with Gasteiger partial charge in [0.1, 0.15) is 11.3 Å². The van der Waals surface area contributed by atoms with Crippen LogP contribution in [0.15, 0.2) is 17.1 Å². The molecule has 8 heteroatoms. The van der Waals surface area contributed by atoms with Crippen molar-refractivity contribution in [3.8, 4) is 5.75 Å². The van der Waals surface area contributed by atoms with Crippen molar-refractivity contribution < 1.29 is 19.0 Å². The summed E-state index contributed by atoms with van der Waals surface area (Å²) in [6.07, 6.45) is 5.28. The van der Waals surface area contributed by atoms with Crippen LogP contribution in [0.2, 0.25) is 0 Å². The summed E-state index contributed by atoms with van der Waals surface area (Å²) in [4.78, 5) is 26.4. The zero-order valence-corrected chi connectivity index (χ0v) is 17.2. The fraction of sp³-hybridized carbons (Fsp3) is 0.545. The van der Waals surface area contributed by atoms with Gasteiger partial charge in [0.2, 0.25) is 5.43 Å². The minimum Gasteiger partial charge on any atom is -0.492 e. The lowest BCUT2D eigenvalue weighted by molar-refractivity contribution is 0.0695. The van der Waals surface area contributed by atoms with Crippen molar-refractivity contribution in [2.75, 3.05) is 25.1 Å². The lowest BCUT2D eigenvalue weighted by Gasteiger charge is -2.43. The molecule has 1 aliphatic heterocycles. The minimum atomic E-state index is -1.31. The Morgan fingerprint density at radius 1 is 1.37 bits per heavy atom. The van der Waals surface area contributed by atoms with E-state index in [4.69, 9.17) is 10.5 Å². The van der Waals surface area contributed by atoms with E-state index in [9.17, 15) is 14.7 Å². The lowest BCUT2D eigenvalue weighted by Crippen LogP contribution is -2.53. The number of nitrogens with two attached hydrogens (primary N) is 1. The number of piperidine rings is 1. The fourth-order valence-electron chi connectivity index (χ4n) is 5.12. The standard InChI is InChI=1S/C22H26FN3O4/c1-11-16(24)9-25(10-22(11)5-6-22)18-15(23)7-13-17(20(18)30-2)26(12-3-4-12)8-14(19(13)27)21(28)29/h7-8,11-12,16H,3-6,9-10,24H2,1-2H3,(H,28,29)/t11-,16?/m1/s1. The predicted molar refractivity (Wildman–Crippen MR) is 111 cm³/mol. The Balaban J connectivity index is 1.75. The van der Waals surface area contributed by atoms with Crippen molar-refractivity contribution in [3.05, 3.63) is 33.9 Å². The van der Waals surface area contributed by atoms with E-state index in [2.05, 4.69) is 6.92 Å². The van der Waals surface area contributed by atoms with Gasteiger partial charge in [-0.05, 0) is 43.1 Å². The van der Waals surface area contributed by atoms with E-state index in [0.717, 1.165) is 25.7 Å². The third-order valence-corrected chi connectivity index (χ3v) is 7.33. The van der Waals surface area contributed by atoms with Gasteiger partial charge in [-0.25, -0.2) is 9.18 Å². The Hall–Kier alpha value is -2.61. The molecule has 3 aliphatic rings. The minimum absolute atomic E-state index is 0.0377. The highest BCUT2D eigenvalue weighted by Gasteiger charge is 2.53. The van der Waals surface area contributed by atoms with Crippen LogP contribution in [0.25, 0.3) is 10.9 Å². The molecule has 2 saturated carbocycles. The van der Waals surface area contributed by atoms with Gasteiger partial charge in [-0.2, -0.15) is 0 Å². The van der Waals surface area contributed by atoms with Gasteiger partial charge in [0.25, 0.3) is 0 Å². The van der Waals surface area contributed by atoms with Crippen molar-refractivity contribution in [1.29, 1.82) is 0 Å². The molecule has 0 radical (unpaired) electrons. The second kappa shape index (κ2) is 6.44. The summed E-state index contributed by atoms with van der Waals surface area (Å²) in [6.45, 7) is 3.37. The second-order valence-electron chi connectivity index (χ2n) is 9.15. The van der Waals surface area contributed by atoms with Crippen molar-refractivity contribution in [2.24, 2.45) is 17.1 Å². The second-order valence-corrected chi connectivity index (χ2v) is 9.15. The molecule has 1 unspecified atom stereocenters. The predicted octanol–water partition coefficient (Wildman–Crippen LogP) is 2.75. The van der Waals surface area contributed by atoms with E-state index in [-0.39, 0.29) is 34.2 Å². The number of hydrogen-bond acceptors (Lipinski definition) is 5. The number of halogens is 1. The van der Waals surface area contributed by atoms with Crippen molar-refractivity contribution in [3.63, 3.8) is 0 Å². The number of aromatic nitrogens is 1. The Morgan fingerprint density at radius 3 is 2.63 bits per heavy atom. The van der Waals surface area contributed by atoms with Crippen LogP contribution in [0.4, 0.5) is 10.1 Å². The number of carboxylic acid groups (broad SMARTS) is 1. The molecule has 1 aromatic carbocycles. The first-order valence-corrected chi connectivity index (χ1v) is 10.5. The SMILES string of the molecule is COc1c(N2CC(N)[C@@H](C)C3(CC3)C2)c(F)cc2c(=O)c(C(=O)O)cn(C3CC3)c12. The molecule has 5 rings (SSSR count). The summed E-state index contributed by atoms with van der Waals surface area (Å²) in [5, 5.41) is 9.50. The molecule has 7 nitrogen and oxygen atoms in total. The summed E-state index contributed by atoms with van der Waals surface area (Å²) < 4.78 is 22.9. The maximum atomic E-state index is 15.5. The molecular weight excluding hydrogens is 389 g/mol. The number of benzene rings is 1. The number of rotatable bonds is 4. The maximum absolute atomic E-state index is 15.5. The monoisotopic (exact) mass is 415 g/mol. The molecule has 160 valence electrons. The van der Waals surface area contributed by atoms with Crippen LogP contribution in [0.5, 0.6) is 5.75 Å². The van der Waals surface area contributed by atoms with Gasteiger partial charge in [-0.15, -0.1) is 0 Å². The van der Waals surface area contributed by atoms with Gasteiger partial charge in [-0.3, -0.25) is 4.79 Å². The highest BCUT2D eigenvalue weighted by atomic mass is 19.1. The summed E-state index contributed by atoms with van der Waals surface area (Å²) in [5.74, 6) is -1.25. The summed E-state index contributed by atoms with van der Waals surface area (Å²) >= 11 is 0. The maximum Gasteiger partial charge on any atom is 0.341 e. The first kappa shape index (κ1) is 19.4. The molecule has 1 saturated heterocycles. The van der Waals surface area contributed by atoms with Crippen molar-refractivity contribution >= 4 is 22.6 Å². The van der Waals surface area contributed by atoms with Crippen molar-refractivity contribution in [1.82, 2.24) is 4.57 Å². The van der Waals surface area contributed by atoms with Crippen LogP contribution in [-0.4, -0.2) is 41.9 Å². The third kappa shape index (κ3) is 2.73. The first-order valence-electron chi connectivity index (χ1n) is 10.5. The Bertz CT molecular complexity index is 1120. The van der Waals surface area contributed by atoms with Crippen molar-refractivity contribution in [2.45, 2.75) is 44.7 Å². The summed E-state index contributed by atoms with van der Waals surface area (Å²) in [5.41, 5.74) is 6.25. The topological polar surface area (TPSA) is 97.8 Å². The quantitative estimate of drug-likeness (QED) is 0.797. The Morgan fingerprint density at radius 2 is 2.07 bits per heavy atom. The Kier molecular flexibility index (Phi) is 4.16. The van der Waals surface area contributed by atoms with Crippen LogP contribution in [0.1, 0.15) is 49.0 Å². The molecule has 3 N–H and O–H groups in total. The largest absolute Gasteiger partial charge is 0.492 e. The number of carboxylic acids is 1. The van der Waals surface area contributed by atoms with E-state index in [1.165, 1.54) is 19.4 Å². The van der Waals surface area contributed by atoms with Crippen LogP contribution in [-0.2, 0) is 0 Å². The highest BCUT2D eigenvalue weighted by molar-refractivity contribution is 5.97. The third-order valence-electron chi connectivity index (χ3n) is 7.33. The first-order chi connectivity index (χ1) is 14.3. The van der Waals surface area contributed by atoms with Gasteiger partial charge >= 0.3 is 5.97 Å². The van der Waals surface area contributed by atoms with E-state index < -0.39 is 17.2 Å². The molecular formula is C22H26FN3O4. The van der Waals surface area contributed by atoms with Crippen LogP contribution in [0.3, 0.4) is 0 Å². The van der Waals surface area contributed by atoms with E-state index >= 15 is 4.39 Å². The van der Waals surface area contributed by atoms with Crippen LogP contribution < -0.4 is 20.8 Å². The number of carbonyl (C=O) groups is 1. The lowest BCUT2D eigenvalue weighted by atomic mass is 9.80. The molecule has 1 spiro atoms. The number of ether oxygens (including phenoxy) is 1. The molecule has 3 fully saturated rings. The number of pyridine rings is 1. The fourth-order valence-corrected chi connectivity index (χ4v) is 5.12. The number of anilines is 1. The zero-order chi connectivity index (χ0) is 21.4. The zero-order valence-electron chi connectivity index (χ0n) is 17.2. The van der Waals surface area contributed by atoms with E-state index in [1.807, 2.05) is 4.90 Å². The average Bonchev–Trinajstić information content (AvgIpc) is 3.61. The van der Waals surface area contributed by atoms with Gasteiger partial charge in [-0.1, -0.05) is 6.92 Å². The summed E-state index contributed by atoms with van der Waals surface area (Å²) in [6, 6.07) is 1.17. The molecule has 1 aromatic heterocycles. The van der Waals surface area contributed by atoms with E-state index in [0.29, 0.717) is 30.2 Å². The van der Waals surface area contributed by atoms with E-state index in [1.54, 1.807) is 4.57 Å². The molecule has 30 heavy (non-hydrogen) atoms. The molecule has 2 atom stereocenters. The van der Waals surface area contributed by atoms with Crippen LogP contribution >= 0.6 is 0 Å². The number of aromatic carboxylic acids is 1. The number of fused-ring (bicyclic) bond motifs is 1. The smallest absolute Gasteiger partial charge is 0.341 e. The molecule has 2 heterocycles. The Labute approximate surface area is 173 Å². The highest BCUT2D eigenvalue weighted by Crippen LogP contribution is 2.56.